The number of esters is 3. The first-order valence-electron chi connectivity index (χ1n) is 19.6. The molecule has 0 aromatic carbocycles. The number of aliphatic hydroxyl groups excluding tert-OH is 2. The Morgan fingerprint density at radius 2 is 1.26 bits per heavy atom. The number of hydrogen-bond acceptors (Lipinski definition) is 16. The molecular weight excluding hydrogens is 754 g/mol. The normalized spacial score (nSPS) is 19.2. The minimum atomic E-state index is -1.15. The van der Waals surface area contributed by atoms with Gasteiger partial charge in [-0.15, -0.1) is 0 Å². The summed E-state index contributed by atoms with van der Waals surface area (Å²) in [4.78, 5) is 83.0. The molecule has 5 unspecified atom stereocenters. The third-order valence-corrected chi connectivity index (χ3v) is 8.94. The molecule has 4 amide bonds. The fourth-order valence-corrected chi connectivity index (χ4v) is 6.24. The standard InChI is InChI=1S/C37H65N5O15/c1-25(45)54-24-28-33(55-26(2)46)34(56-27(3)47)32(39)35(57-28)52-22-8-12-30(49)40-18-6-4-5-7-19-41-36(51)53-23-11-17-37(15-9-20-43,16-10-21-44)42-31(50)14-13-29(38)48/h28,32-35,43-44H,4-24,39H2,1-3H3,(H2,38,48)(H,40,49)(H,41,51)(H,42,50). The van der Waals surface area contributed by atoms with Crippen LogP contribution in [-0.2, 0) is 57.2 Å². The summed E-state index contributed by atoms with van der Waals surface area (Å²) in [7, 11) is 0. The number of hydrogen-bond donors (Lipinski definition) is 7. The van der Waals surface area contributed by atoms with Crippen molar-refractivity contribution in [2.75, 3.05) is 46.1 Å². The summed E-state index contributed by atoms with van der Waals surface area (Å²) in [5.74, 6) is -3.07. The second-order valence-corrected chi connectivity index (χ2v) is 13.9. The van der Waals surface area contributed by atoms with E-state index in [9.17, 15) is 43.8 Å². The molecule has 1 aliphatic rings. The number of carbonyl (C=O) groups is 7. The number of carbonyl (C=O) groups excluding carboxylic acids is 7. The predicted molar refractivity (Wildman–Crippen MR) is 202 cm³/mol. The Hall–Kier alpha value is -4.11. The van der Waals surface area contributed by atoms with E-state index in [0.717, 1.165) is 19.3 Å². The quantitative estimate of drug-likeness (QED) is 0.0287. The molecule has 9 N–H and O–H groups in total. The lowest BCUT2D eigenvalue weighted by Gasteiger charge is -2.43. The molecule has 0 aliphatic carbocycles. The Balaban J connectivity index is 2.33. The number of primary amides is 1. The maximum atomic E-state index is 12.5. The van der Waals surface area contributed by atoms with Gasteiger partial charge in [-0.3, -0.25) is 28.8 Å². The molecule has 1 aliphatic heterocycles. The van der Waals surface area contributed by atoms with Crippen molar-refractivity contribution in [1.29, 1.82) is 0 Å². The summed E-state index contributed by atoms with van der Waals surface area (Å²) in [6, 6.07) is -1.05. The van der Waals surface area contributed by atoms with Gasteiger partial charge in [0.15, 0.2) is 18.5 Å². The maximum absolute atomic E-state index is 12.5. The molecule has 1 saturated heterocycles. The summed E-state index contributed by atoms with van der Waals surface area (Å²) >= 11 is 0. The van der Waals surface area contributed by atoms with Gasteiger partial charge in [-0.2, -0.15) is 0 Å². The minimum absolute atomic E-state index is 0.0662. The van der Waals surface area contributed by atoms with E-state index in [1.54, 1.807) is 0 Å². The van der Waals surface area contributed by atoms with Gasteiger partial charge >= 0.3 is 24.0 Å². The number of alkyl carbamates (subject to hydrolysis) is 1. The highest BCUT2D eigenvalue weighted by Crippen LogP contribution is 2.28. The van der Waals surface area contributed by atoms with Crippen molar-refractivity contribution in [3.05, 3.63) is 0 Å². The fraction of sp³-hybridized carbons (Fsp3) is 0.811. The molecule has 1 heterocycles. The summed E-state index contributed by atoms with van der Waals surface area (Å²) in [6.07, 6.45) is 1.02. The number of nitrogens with one attached hydrogen (secondary N) is 3. The van der Waals surface area contributed by atoms with Crippen LogP contribution < -0.4 is 27.4 Å². The lowest BCUT2D eigenvalue weighted by atomic mass is 9.83. The summed E-state index contributed by atoms with van der Waals surface area (Å²) in [5, 5.41) is 27.3. The van der Waals surface area contributed by atoms with Crippen LogP contribution in [0, 0.1) is 0 Å². The SMILES string of the molecule is CC(=O)OCC1OC(OCCCC(=O)NCCCCCCNC(=O)OCCCC(CCCO)(CCCO)NC(=O)CCC(N)=O)C(N)C(OC(C)=O)C1OC(C)=O. The highest BCUT2D eigenvalue weighted by molar-refractivity contribution is 5.83. The van der Waals surface area contributed by atoms with Crippen molar-refractivity contribution >= 4 is 41.7 Å². The lowest BCUT2D eigenvalue weighted by Crippen LogP contribution is -2.64. The first kappa shape index (κ1) is 50.9. The minimum Gasteiger partial charge on any atom is -0.463 e. The van der Waals surface area contributed by atoms with E-state index in [0.29, 0.717) is 64.5 Å². The van der Waals surface area contributed by atoms with Crippen LogP contribution in [0.5, 0.6) is 0 Å². The van der Waals surface area contributed by atoms with Gasteiger partial charge < -0.3 is 66.1 Å². The van der Waals surface area contributed by atoms with E-state index in [2.05, 4.69) is 16.0 Å². The molecule has 0 bridgehead atoms. The van der Waals surface area contributed by atoms with E-state index >= 15 is 0 Å². The number of rotatable bonds is 30. The van der Waals surface area contributed by atoms with Crippen molar-refractivity contribution in [2.45, 2.75) is 147 Å². The van der Waals surface area contributed by atoms with E-state index in [1.807, 2.05) is 0 Å². The van der Waals surface area contributed by atoms with Gasteiger partial charge in [0.25, 0.3) is 0 Å². The van der Waals surface area contributed by atoms with Gasteiger partial charge in [0, 0.05) is 71.9 Å². The van der Waals surface area contributed by atoms with Gasteiger partial charge in [-0.25, -0.2) is 4.79 Å². The molecule has 0 radical (unpaired) electrons. The summed E-state index contributed by atoms with van der Waals surface area (Å²) in [5.41, 5.74) is 10.7. The molecule has 0 aromatic rings. The molecule has 20 heteroatoms. The molecule has 20 nitrogen and oxygen atoms in total. The maximum Gasteiger partial charge on any atom is 0.407 e. The average molecular weight is 820 g/mol. The molecule has 1 fully saturated rings. The number of nitrogens with two attached hydrogens (primary N) is 2. The van der Waals surface area contributed by atoms with E-state index in [4.69, 9.17) is 39.9 Å². The van der Waals surface area contributed by atoms with Crippen LogP contribution >= 0.6 is 0 Å². The van der Waals surface area contributed by atoms with Crippen LogP contribution in [-0.4, -0.2) is 134 Å². The highest BCUT2D eigenvalue weighted by Gasteiger charge is 2.49. The largest absolute Gasteiger partial charge is 0.463 e. The van der Waals surface area contributed by atoms with Crippen molar-refractivity contribution in [1.82, 2.24) is 16.0 Å². The van der Waals surface area contributed by atoms with Gasteiger partial charge in [-0.05, 0) is 57.8 Å². The van der Waals surface area contributed by atoms with E-state index < -0.39 is 66.1 Å². The van der Waals surface area contributed by atoms with Crippen LogP contribution in [0.4, 0.5) is 4.79 Å². The van der Waals surface area contributed by atoms with Gasteiger partial charge in [-0.1, -0.05) is 12.8 Å². The Morgan fingerprint density at radius 1 is 0.667 bits per heavy atom. The monoisotopic (exact) mass is 819 g/mol. The third kappa shape index (κ3) is 23.0. The molecule has 0 spiro atoms. The molecule has 328 valence electrons. The molecule has 5 atom stereocenters. The van der Waals surface area contributed by atoms with Crippen molar-refractivity contribution in [3.63, 3.8) is 0 Å². The average Bonchev–Trinajstić information content (AvgIpc) is 3.14. The molecular formula is C37H65N5O15. The van der Waals surface area contributed by atoms with Crippen LogP contribution in [0.15, 0.2) is 0 Å². The number of ether oxygens (including phenoxy) is 6. The summed E-state index contributed by atoms with van der Waals surface area (Å²) < 4.78 is 32.6. The number of unbranched alkanes of at least 4 members (excludes halogenated alkanes) is 3. The number of amides is 4. The Kier molecular flexibility index (Phi) is 26.0. The van der Waals surface area contributed by atoms with Crippen molar-refractivity contribution in [3.8, 4) is 0 Å². The smallest absolute Gasteiger partial charge is 0.407 e. The lowest BCUT2D eigenvalue weighted by molar-refractivity contribution is -0.274. The van der Waals surface area contributed by atoms with E-state index in [-0.39, 0.29) is 64.1 Å². The Bertz CT molecular complexity index is 1250. The van der Waals surface area contributed by atoms with Gasteiger partial charge in [0.2, 0.25) is 17.7 Å². The zero-order valence-corrected chi connectivity index (χ0v) is 33.6. The van der Waals surface area contributed by atoms with Gasteiger partial charge in [0.1, 0.15) is 12.7 Å². The molecule has 1 rings (SSSR count). The first-order valence-corrected chi connectivity index (χ1v) is 19.6. The highest BCUT2D eigenvalue weighted by atomic mass is 16.7. The second kappa shape index (κ2) is 29.2. The topological polar surface area (TPSA) is 303 Å². The Morgan fingerprint density at radius 3 is 1.84 bits per heavy atom. The zero-order chi connectivity index (χ0) is 42.6. The first-order chi connectivity index (χ1) is 27.1. The third-order valence-electron chi connectivity index (χ3n) is 8.94. The van der Waals surface area contributed by atoms with Crippen molar-refractivity contribution in [2.24, 2.45) is 11.5 Å². The molecule has 0 saturated carbocycles. The predicted octanol–water partition coefficient (Wildman–Crippen LogP) is 0.110. The fourth-order valence-electron chi connectivity index (χ4n) is 6.24. The van der Waals surface area contributed by atoms with Crippen LogP contribution in [0.2, 0.25) is 0 Å². The van der Waals surface area contributed by atoms with E-state index in [1.165, 1.54) is 20.8 Å². The van der Waals surface area contributed by atoms with Crippen LogP contribution in [0.3, 0.4) is 0 Å². The summed E-state index contributed by atoms with van der Waals surface area (Å²) in [6.45, 7) is 4.12. The molecule has 0 aromatic heterocycles. The molecule has 57 heavy (non-hydrogen) atoms. The second-order valence-electron chi connectivity index (χ2n) is 13.9. The van der Waals surface area contributed by atoms with Crippen LogP contribution in [0.1, 0.15) is 111 Å². The Labute approximate surface area is 334 Å². The van der Waals surface area contributed by atoms with Crippen LogP contribution in [0.25, 0.3) is 0 Å². The zero-order valence-electron chi connectivity index (χ0n) is 33.6. The van der Waals surface area contributed by atoms with Crippen molar-refractivity contribution < 1.29 is 72.2 Å². The number of aliphatic hydroxyl groups is 2. The van der Waals surface area contributed by atoms with Gasteiger partial charge in [0.05, 0.1) is 19.3 Å².